The van der Waals surface area contributed by atoms with Crippen LogP contribution in [0.4, 0.5) is 18.9 Å². The molecule has 0 spiro atoms. The van der Waals surface area contributed by atoms with Crippen molar-refractivity contribution in [1.82, 2.24) is 0 Å². The Morgan fingerprint density at radius 2 is 1.91 bits per heavy atom. The molecule has 0 fully saturated rings. The van der Waals surface area contributed by atoms with Crippen LogP contribution >= 0.6 is 0 Å². The first-order valence-electron chi connectivity index (χ1n) is 6.30. The topological polar surface area (TPSA) is 93.9 Å². The van der Waals surface area contributed by atoms with Crippen LogP contribution in [0.2, 0.25) is 0 Å². The highest BCUT2D eigenvalue weighted by atomic mass is 19.4. The molecule has 0 bridgehead atoms. The molecule has 0 aliphatic rings. The minimum atomic E-state index is -4.55. The van der Waals surface area contributed by atoms with E-state index in [1.165, 1.54) is 19.1 Å². The van der Waals surface area contributed by atoms with E-state index in [0.717, 1.165) is 11.0 Å². The van der Waals surface area contributed by atoms with Crippen molar-refractivity contribution in [3.63, 3.8) is 0 Å². The van der Waals surface area contributed by atoms with Gasteiger partial charge in [0.1, 0.15) is 24.7 Å². The van der Waals surface area contributed by atoms with Crippen LogP contribution in [0.25, 0.3) is 0 Å². The van der Waals surface area contributed by atoms with Crippen molar-refractivity contribution < 1.29 is 18.0 Å². The Bertz CT molecular complexity index is 643. The Balaban J connectivity index is 3.36. The molecular weight excluding hydrogens is 297 g/mol. The lowest BCUT2D eigenvalue weighted by atomic mass is 10.1. The van der Waals surface area contributed by atoms with Gasteiger partial charge in [0.2, 0.25) is 5.91 Å². The summed E-state index contributed by atoms with van der Waals surface area (Å²) in [5, 5.41) is 17.8. The predicted octanol–water partition coefficient (Wildman–Crippen LogP) is 2.06. The zero-order valence-corrected chi connectivity index (χ0v) is 11.7. The second-order valence-electron chi connectivity index (χ2n) is 4.52. The molecule has 116 valence electrons. The van der Waals surface area contributed by atoms with Gasteiger partial charge in [0, 0.05) is 5.69 Å². The number of nitrogens with zero attached hydrogens (tertiary/aromatic N) is 3. The van der Waals surface area contributed by atoms with Gasteiger partial charge >= 0.3 is 6.18 Å². The fraction of sp³-hybridized carbons (Fsp3) is 0.357. The molecule has 1 atom stereocenters. The van der Waals surface area contributed by atoms with E-state index in [2.05, 4.69) is 0 Å². The van der Waals surface area contributed by atoms with Crippen molar-refractivity contribution in [2.24, 2.45) is 5.73 Å². The smallest absolute Gasteiger partial charge is 0.368 e. The molecule has 1 unspecified atom stereocenters. The molecular formula is C14H13F3N4O. The number of alkyl halides is 3. The molecule has 2 N–H and O–H groups in total. The van der Waals surface area contributed by atoms with E-state index in [1.54, 1.807) is 12.1 Å². The molecule has 0 aromatic heterocycles. The average Bonchev–Trinajstić information content (AvgIpc) is 2.44. The Hall–Kier alpha value is -2.74. The fourth-order valence-electron chi connectivity index (χ4n) is 2.05. The zero-order valence-electron chi connectivity index (χ0n) is 11.7. The van der Waals surface area contributed by atoms with Gasteiger partial charge in [-0.3, -0.25) is 4.79 Å². The number of amides is 1. The molecule has 5 nitrogen and oxygen atoms in total. The van der Waals surface area contributed by atoms with E-state index < -0.39 is 24.7 Å². The molecule has 0 aliphatic heterocycles. The number of benzene rings is 1. The van der Waals surface area contributed by atoms with Gasteiger partial charge in [0.25, 0.3) is 0 Å². The fourth-order valence-corrected chi connectivity index (χ4v) is 2.05. The van der Waals surface area contributed by atoms with Crippen LogP contribution in [0.15, 0.2) is 18.2 Å². The van der Waals surface area contributed by atoms with Gasteiger partial charge in [0.05, 0.1) is 11.1 Å². The molecule has 1 rings (SSSR count). The summed E-state index contributed by atoms with van der Waals surface area (Å²) in [5.41, 5.74) is 5.16. The molecule has 0 radical (unpaired) electrons. The standard InChI is InChI=1S/C14H13F3N4O/c1-2-12(13(20)22)21(8-14(15,16)17)11-4-3-9(6-18)10(5-11)7-19/h3-5,12H,2,8H2,1H3,(H2,20,22). The summed E-state index contributed by atoms with van der Waals surface area (Å²) in [4.78, 5) is 12.2. The summed E-state index contributed by atoms with van der Waals surface area (Å²) in [6.07, 6.45) is -4.48. The van der Waals surface area contributed by atoms with Crippen molar-refractivity contribution in [3.05, 3.63) is 29.3 Å². The number of anilines is 1. The van der Waals surface area contributed by atoms with Gasteiger partial charge in [0.15, 0.2) is 0 Å². The van der Waals surface area contributed by atoms with Crippen LogP contribution in [-0.4, -0.2) is 24.7 Å². The maximum Gasteiger partial charge on any atom is 0.405 e. The van der Waals surface area contributed by atoms with Crippen molar-refractivity contribution >= 4 is 11.6 Å². The van der Waals surface area contributed by atoms with E-state index in [4.69, 9.17) is 16.3 Å². The highest BCUT2D eigenvalue weighted by Gasteiger charge is 2.35. The number of hydrogen-bond donors (Lipinski definition) is 1. The summed E-state index contributed by atoms with van der Waals surface area (Å²) >= 11 is 0. The van der Waals surface area contributed by atoms with Crippen LogP contribution < -0.4 is 10.6 Å². The summed E-state index contributed by atoms with van der Waals surface area (Å²) in [7, 11) is 0. The molecule has 1 aromatic carbocycles. The third-order valence-corrected chi connectivity index (χ3v) is 3.02. The molecule has 0 aliphatic carbocycles. The average molecular weight is 310 g/mol. The van der Waals surface area contributed by atoms with Crippen molar-refractivity contribution in [1.29, 1.82) is 10.5 Å². The van der Waals surface area contributed by atoms with E-state index in [9.17, 15) is 18.0 Å². The molecule has 0 saturated carbocycles. The van der Waals surface area contributed by atoms with E-state index >= 15 is 0 Å². The van der Waals surface area contributed by atoms with Crippen LogP contribution in [0.1, 0.15) is 24.5 Å². The van der Waals surface area contributed by atoms with Crippen LogP contribution in [0.3, 0.4) is 0 Å². The summed E-state index contributed by atoms with van der Waals surface area (Å²) < 4.78 is 38.3. The maximum absolute atomic E-state index is 12.8. The van der Waals surface area contributed by atoms with E-state index in [0.29, 0.717) is 0 Å². The minimum absolute atomic E-state index is 0.0125. The molecule has 8 heteroatoms. The normalized spacial score (nSPS) is 12.1. The summed E-state index contributed by atoms with van der Waals surface area (Å²) in [6.45, 7) is 0.152. The zero-order chi connectivity index (χ0) is 16.9. The Morgan fingerprint density at radius 1 is 1.32 bits per heavy atom. The van der Waals surface area contributed by atoms with Gasteiger partial charge in [-0.1, -0.05) is 6.92 Å². The highest BCUT2D eigenvalue weighted by Crippen LogP contribution is 2.27. The van der Waals surface area contributed by atoms with Crippen LogP contribution in [0.5, 0.6) is 0 Å². The van der Waals surface area contributed by atoms with Crippen molar-refractivity contribution in [2.45, 2.75) is 25.6 Å². The summed E-state index contributed by atoms with van der Waals surface area (Å²) in [5.74, 6) is -0.894. The molecule has 22 heavy (non-hydrogen) atoms. The number of rotatable bonds is 5. The molecule has 0 saturated heterocycles. The summed E-state index contributed by atoms with van der Waals surface area (Å²) in [6, 6.07) is 6.00. The third-order valence-electron chi connectivity index (χ3n) is 3.02. The minimum Gasteiger partial charge on any atom is -0.368 e. The number of nitriles is 2. The molecule has 1 aromatic rings. The van der Waals surface area contributed by atoms with E-state index in [-0.39, 0.29) is 23.2 Å². The predicted molar refractivity (Wildman–Crippen MR) is 72.5 cm³/mol. The molecule has 1 amide bonds. The lowest BCUT2D eigenvalue weighted by molar-refractivity contribution is -0.125. The number of hydrogen-bond acceptors (Lipinski definition) is 4. The van der Waals surface area contributed by atoms with Crippen molar-refractivity contribution in [2.75, 3.05) is 11.4 Å². The first kappa shape index (κ1) is 17.3. The van der Waals surface area contributed by atoms with E-state index in [1.807, 2.05) is 0 Å². The Morgan fingerprint density at radius 3 is 2.32 bits per heavy atom. The SMILES string of the molecule is CCC(C(N)=O)N(CC(F)(F)F)c1ccc(C#N)c(C#N)c1. The Labute approximate surface area is 125 Å². The third kappa shape index (κ3) is 4.13. The first-order chi connectivity index (χ1) is 10.2. The van der Waals surface area contributed by atoms with Crippen LogP contribution in [-0.2, 0) is 4.79 Å². The maximum atomic E-state index is 12.8. The number of primary amides is 1. The second kappa shape index (κ2) is 6.81. The number of carbonyl (C=O) groups is 1. The number of nitrogens with two attached hydrogens (primary N) is 1. The van der Waals surface area contributed by atoms with Crippen molar-refractivity contribution in [3.8, 4) is 12.1 Å². The van der Waals surface area contributed by atoms with Gasteiger partial charge in [-0.2, -0.15) is 23.7 Å². The number of carbonyl (C=O) groups excluding carboxylic acids is 1. The van der Waals surface area contributed by atoms with Gasteiger partial charge in [-0.15, -0.1) is 0 Å². The monoisotopic (exact) mass is 310 g/mol. The number of halogens is 3. The Kier molecular flexibility index (Phi) is 5.36. The quantitative estimate of drug-likeness (QED) is 0.900. The second-order valence-corrected chi connectivity index (χ2v) is 4.52. The van der Waals surface area contributed by atoms with Gasteiger partial charge < -0.3 is 10.6 Å². The first-order valence-corrected chi connectivity index (χ1v) is 6.30. The van der Waals surface area contributed by atoms with Gasteiger partial charge in [-0.05, 0) is 24.6 Å². The van der Waals surface area contributed by atoms with Gasteiger partial charge in [-0.25, -0.2) is 0 Å². The van der Waals surface area contributed by atoms with Crippen LogP contribution in [0, 0.1) is 22.7 Å². The highest BCUT2D eigenvalue weighted by molar-refractivity contribution is 5.83. The lowest BCUT2D eigenvalue weighted by Crippen LogP contribution is -2.48. The lowest BCUT2D eigenvalue weighted by Gasteiger charge is -2.32. The largest absolute Gasteiger partial charge is 0.405 e. The molecule has 0 heterocycles.